The standard InChI is InChI=1S/C15H23ClN2O/c1-11(2)4-5-12(3)17-10-15(19)18-14-8-6-13(16)7-9-14/h6-9,11-12,17H,4-5,10H2,1-3H3,(H,18,19). The van der Waals surface area contributed by atoms with Crippen LogP contribution in [0.2, 0.25) is 5.02 Å². The minimum atomic E-state index is -0.0290. The Morgan fingerprint density at radius 3 is 2.37 bits per heavy atom. The summed E-state index contributed by atoms with van der Waals surface area (Å²) in [5, 5.41) is 6.73. The summed E-state index contributed by atoms with van der Waals surface area (Å²) in [7, 11) is 0. The second kappa shape index (κ2) is 8.18. The number of amides is 1. The molecule has 19 heavy (non-hydrogen) atoms. The Bertz CT molecular complexity index is 390. The number of hydrogen-bond acceptors (Lipinski definition) is 2. The van der Waals surface area contributed by atoms with E-state index in [4.69, 9.17) is 11.6 Å². The van der Waals surface area contributed by atoms with E-state index in [1.54, 1.807) is 24.3 Å². The lowest BCUT2D eigenvalue weighted by Crippen LogP contribution is -2.34. The van der Waals surface area contributed by atoms with E-state index < -0.39 is 0 Å². The maximum absolute atomic E-state index is 11.7. The summed E-state index contributed by atoms with van der Waals surface area (Å²) in [5.41, 5.74) is 0.769. The Hall–Kier alpha value is -1.06. The molecule has 2 N–H and O–H groups in total. The van der Waals surface area contributed by atoms with Crippen LogP contribution < -0.4 is 10.6 Å². The van der Waals surface area contributed by atoms with Gasteiger partial charge in [0.25, 0.3) is 0 Å². The Labute approximate surface area is 120 Å². The highest BCUT2D eigenvalue weighted by molar-refractivity contribution is 6.30. The Morgan fingerprint density at radius 2 is 1.79 bits per heavy atom. The van der Waals surface area contributed by atoms with Crippen LogP contribution in [-0.2, 0) is 4.79 Å². The average Bonchev–Trinajstić information content (AvgIpc) is 2.36. The molecular formula is C15H23ClN2O. The number of halogens is 1. The molecule has 0 heterocycles. The van der Waals surface area contributed by atoms with Gasteiger partial charge in [-0.2, -0.15) is 0 Å². The average molecular weight is 283 g/mol. The molecule has 0 saturated carbocycles. The molecule has 1 aromatic rings. The first-order chi connectivity index (χ1) is 8.97. The number of rotatable bonds is 7. The van der Waals surface area contributed by atoms with E-state index in [1.165, 1.54) is 6.42 Å². The molecule has 1 unspecified atom stereocenters. The van der Waals surface area contributed by atoms with Crippen LogP contribution >= 0.6 is 11.6 Å². The highest BCUT2D eigenvalue weighted by Crippen LogP contribution is 2.13. The van der Waals surface area contributed by atoms with Crippen LogP contribution in [0, 0.1) is 5.92 Å². The van der Waals surface area contributed by atoms with E-state index >= 15 is 0 Å². The lowest BCUT2D eigenvalue weighted by molar-refractivity contribution is -0.115. The van der Waals surface area contributed by atoms with Crippen molar-refractivity contribution in [3.63, 3.8) is 0 Å². The van der Waals surface area contributed by atoms with Crippen molar-refractivity contribution in [2.45, 2.75) is 39.7 Å². The molecule has 0 saturated heterocycles. The zero-order chi connectivity index (χ0) is 14.3. The first-order valence-electron chi connectivity index (χ1n) is 6.76. The second-order valence-electron chi connectivity index (χ2n) is 5.31. The first kappa shape index (κ1) is 16.0. The van der Waals surface area contributed by atoms with Crippen LogP contribution in [0.4, 0.5) is 5.69 Å². The Balaban J connectivity index is 2.26. The van der Waals surface area contributed by atoms with Crippen LogP contribution in [0.15, 0.2) is 24.3 Å². The summed E-state index contributed by atoms with van der Waals surface area (Å²) in [6, 6.07) is 7.47. The molecule has 3 nitrogen and oxygen atoms in total. The maximum atomic E-state index is 11.7. The monoisotopic (exact) mass is 282 g/mol. The predicted octanol–water partition coefficient (Wildman–Crippen LogP) is 3.69. The van der Waals surface area contributed by atoms with Crippen molar-refractivity contribution >= 4 is 23.2 Å². The second-order valence-corrected chi connectivity index (χ2v) is 5.74. The third kappa shape index (κ3) is 7.19. The van der Waals surface area contributed by atoms with Crippen LogP contribution in [0.5, 0.6) is 0 Å². The molecule has 0 radical (unpaired) electrons. The van der Waals surface area contributed by atoms with E-state index in [2.05, 4.69) is 31.4 Å². The van der Waals surface area contributed by atoms with E-state index in [-0.39, 0.29) is 5.91 Å². The van der Waals surface area contributed by atoms with E-state index in [0.29, 0.717) is 23.5 Å². The zero-order valence-electron chi connectivity index (χ0n) is 11.9. The Kier molecular flexibility index (Phi) is 6.89. The third-order valence-electron chi connectivity index (χ3n) is 2.92. The quantitative estimate of drug-likeness (QED) is 0.801. The minimum Gasteiger partial charge on any atom is -0.325 e. The topological polar surface area (TPSA) is 41.1 Å². The minimum absolute atomic E-state index is 0.0290. The highest BCUT2D eigenvalue weighted by Gasteiger charge is 2.06. The van der Waals surface area contributed by atoms with Crippen molar-refractivity contribution in [2.75, 3.05) is 11.9 Å². The SMILES string of the molecule is CC(C)CCC(C)NCC(=O)Nc1ccc(Cl)cc1. The van der Waals surface area contributed by atoms with Crippen molar-refractivity contribution in [1.29, 1.82) is 0 Å². The molecule has 1 amide bonds. The number of anilines is 1. The van der Waals surface area contributed by atoms with Gasteiger partial charge in [-0.1, -0.05) is 25.4 Å². The number of benzene rings is 1. The maximum Gasteiger partial charge on any atom is 0.238 e. The highest BCUT2D eigenvalue weighted by atomic mass is 35.5. The van der Waals surface area contributed by atoms with Crippen molar-refractivity contribution in [3.8, 4) is 0 Å². The zero-order valence-corrected chi connectivity index (χ0v) is 12.6. The fourth-order valence-electron chi connectivity index (χ4n) is 1.69. The summed E-state index contributed by atoms with van der Waals surface area (Å²) in [4.78, 5) is 11.7. The van der Waals surface area contributed by atoms with E-state index in [1.807, 2.05) is 0 Å². The summed E-state index contributed by atoms with van der Waals surface area (Å²) in [5.74, 6) is 0.672. The molecule has 0 bridgehead atoms. The first-order valence-corrected chi connectivity index (χ1v) is 7.14. The summed E-state index contributed by atoms with van der Waals surface area (Å²) in [6.07, 6.45) is 2.26. The van der Waals surface area contributed by atoms with Gasteiger partial charge >= 0.3 is 0 Å². The third-order valence-corrected chi connectivity index (χ3v) is 3.17. The number of carbonyl (C=O) groups is 1. The van der Waals surface area contributed by atoms with Crippen molar-refractivity contribution < 1.29 is 4.79 Å². The summed E-state index contributed by atoms with van der Waals surface area (Å²) in [6.45, 7) is 6.86. The molecule has 0 fully saturated rings. The largest absolute Gasteiger partial charge is 0.325 e. The smallest absolute Gasteiger partial charge is 0.238 e. The molecule has 0 aliphatic heterocycles. The van der Waals surface area contributed by atoms with Gasteiger partial charge in [-0.25, -0.2) is 0 Å². The van der Waals surface area contributed by atoms with E-state index in [0.717, 1.165) is 12.1 Å². The van der Waals surface area contributed by atoms with Crippen molar-refractivity contribution in [1.82, 2.24) is 5.32 Å². The van der Waals surface area contributed by atoms with Crippen LogP contribution in [0.25, 0.3) is 0 Å². The van der Waals surface area contributed by atoms with Crippen molar-refractivity contribution in [2.24, 2.45) is 5.92 Å². The van der Waals surface area contributed by atoms with Gasteiger partial charge in [0.1, 0.15) is 0 Å². The molecular weight excluding hydrogens is 260 g/mol. The van der Waals surface area contributed by atoms with Gasteiger partial charge < -0.3 is 10.6 Å². The van der Waals surface area contributed by atoms with Gasteiger partial charge in [0.15, 0.2) is 0 Å². The normalized spacial score (nSPS) is 12.5. The number of hydrogen-bond donors (Lipinski definition) is 2. The Morgan fingerprint density at radius 1 is 1.16 bits per heavy atom. The van der Waals surface area contributed by atoms with Gasteiger partial charge in [0, 0.05) is 16.8 Å². The molecule has 0 aliphatic carbocycles. The lowest BCUT2D eigenvalue weighted by Gasteiger charge is -2.14. The molecule has 0 aliphatic rings. The molecule has 1 aromatic carbocycles. The molecule has 0 spiro atoms. The fraction of sp³-hybridized carbons (Fsp3) is 0.533. The number of carbonyl (C=O) groups excluding carboxylic acids is 1. The lowest BCUT2D eigenvalue weighted by atomic mass is 10.0. The predicted molar refractivity (Wildman–Crippen MR) is 81.6 cm³/mol. The van der Waals surface area contributed by atoms with Gasteiger partial charge in [0.05, 0.1) is 6.54 Å². The van der Waals surface area contributed by atoms with Crippen molar-refractivity contribution in [3.05, 3.63) is 29.3 Å². The molecule has 1 atom stereocenters. The van der Waals surface area contributed by atoms with Gasteiger partial charge in [-0.3, -0.25) is 4.79 Å². The fourth-order valence-corrected chi connectivity index (χ4v) is 1.82. The van der Waals surface area contributed by atoms with Gasteiger partial charge in [-0.15, -0.1) is 0 Å². The van der Waals surface area contributed by atoms with Crippen LogP contribution in [-0.4, -0.2) is 18.5 Å². The van der Waals surface area contributed by atoms with Crippen LogP contribution in [0.1, 0.15) is 33.6 Å². The van der Waals surface area contributed by atoms with Crippen LogP contribution in [0.3, 0.4) is 0 Å². The van der Waals surface area contributed by atoms with E-state index in [9.17, 15) is 4.79 Å². The number of nitrogens with one attached hydrogen (secondary N) is 2. The molecule has 0 aromatic heterocycles. The van der Waals surface area contributed by atoms with Gasteiger partial charge in [0.2, 0.25) is 5.91 Å². The molecule has 4 heteroatoms. The molecule has 1 rings (SSSR count). The summed E-state index contributed by atoms with van der Waals surface area (Å²) < 4.78 is 0. The van der Waals surface area contributed by atoms with Gasteiger partial charge in [-0.05, 0) is 49.9 Å². The summed E-state index contributed by atoms with van der Waals surface area (Å²) >= 11 is 5.79. The molecule has 106 valence electrons.